The molecule has 2 aliphatic rings. The summed E-state index contributed by atoms with van der Waals surface area (Å²) in [5, 5.41) is 14.7. The van der Waals surface area contributed by atoms with E-state index in [4.69, 9.17) is 0 Å². The van der Waals surface area contributed by atoms with Crippen LogP contribution < -0.4 is 0 Å². The van der Waals surface area contributed by atoms with E-state index in [-0.39, 0.29) is 5.78 Å². The Morgan fingerprint density at radius 2 is 0.783 bits per heavy atom. The molecular formula is C45H30O. The van der Waals surface area contributed by atoms with Gasteiger partial charge in [-0.2, -0.15) is 0 Å². The van der Waals surface area contributed by atoms with E-state index in [0.29, 0.717) is 12.8 Å². The van der Waals surface area contributed by atoms with Crippen LogP contribution >= 0.6 is 0 Å². The molecule has 0 saturated heterocycles. The van der Waals surface area contributed by atoms with Crippen LogP contribution in [-0.2, 0) is 15.6 Å². The third-order valence-electron chi connectivity index (χ3n) is 11.0. The van der Waals surface area contributed by atoms with E-state index >= 15 is 4.79 Å². The molecule has 0 radical (unpaired) electrons. The fourth-order valence-corrected chi connectivity index (χ4v) is 8.87. The monoisotopic (exact) mass is 586 g/mol. The van der Waals surface area contributed by atoms with Crippen LogP contribution in [0.3, 0.4) is 0 Å². The molecular weight excluding hydrogens is 556 g/mol. The zero-order valence-corrected chi connectivity index (χ0v) is 25.3. The van der Waals surface area contributed by atoms with Crippen molar-refractivity contribution in [2.45, 2.75) is 23.7 Å². The molecule has 2 unspecified atom stereocenters. The average Bonchev–Trinajstić information content (AvgIpc) is 3.13. The Labute approximate surface area is 267 Å². The minimum Gasteiger partial charge on any atom is -0.297 e. The summed E-state index contributed by atoms with van der Waals surface area (Å²) in [6, 6.07) is 39.8. The van der Waals surface area contributed by atoms with Gasteiger partial charge in [0.05, 0.1) is 10.8 Å². The lowest BCUT2D eigenvalue weighted by Gasteiger charge is -2.42. The average molecular weight is 587 g/mol. The van der Waals surface area contributed by atoms with Gasteiger partial charge in [0.2, 0.25) is 0 Å². The van der Waals surface area contributed by atoms with Gasteiger partial charge in [-0.05, 0) is 88.6 Å². The van der Waals surface area contributed by atoms with E-state index in [1.165, 1.54) is 53.9 Å². The number of allylic oxidation sites excluding steroid dienone is 8. The minimum atomic E-state index is -0.837. The Hall–Kier alpha value is -5.53. The molecule has 0 amide bonds. The maximum atomic E-state index is 15.9. The van der Waals surface area contributed by atoms with Crippen LogP contribution in [0.15, 0.2) is 158 Å². The van der Waals surface area contributed by atoms with Gasteiger partial charge < -0.3 is 0 Å². The van der Waals surface area contributed by atoms with Gasteiger partial charge in [-0.15, -0.1) is 0 Å². The summed E-state index contributed by atoms with van der Waals surface area (Å²) >= 11 is 0. The van der Waals surface area contributed by atoms with Crippen LogP contribution in [0.25, 0.3) is 64.6 Å². The molecule has 0 fully saturated rings. The standard InChI is InChI=1S/C45H30O/c46-43(44(25-3-1-4-26-44)37-23-19-33-15-13-29-9-7-11-31-17-21-35(37)41(33)39(29)31)45(27-5-2-6-28-45)38-24-20-34-16-14-30-10-8-12-32-18-22-36(38)42(34)40(30)32/h1-25,27H,26,28H2. The van der Waals surface area contributed by atoms with Gasteiger partial charge in [-0.3, -0.25) is 4.79 Å². The summed E-state index contributed by atoms with van der Waals surface area (Å²) in [6.45, 7) is 0. The summed E-state index contributed by atoms with van der Waals surface area (Å²) in [5.41, 5.74) is 0.500. The highest BCUT2D eigenvalue weighted by Crippen LogP contribution is 2.50. The van der Waals surface area contributed by atoms with Crippen LogP contribution in [0.4, 0.5) is 0 Å². The zero-order valence-electron chi connectivity index (χ0n) is 25.3. The lowest BCUT2D eigenvalue weighted by atomic mass is 9.58. The van der Waals surface area contributed by atoms with Crippen molar-refractivity contribution in [1.82, 2.24) is 0 Å². The van der Waals surface area contributed by atoms with Gasteiger partial charge >= 0.3 is 0 Å². The number of carbonyl (C=O) groups is 1. The number of Topliss-reactive ketones (excluding diaryl/α,β-unsaturated/α-hetero) is 1. The summed E-state index contributed by atoms with van der Waals surface area (Å²) < 4.78 is 0. The molecule has 0 heterocycles. The van der Waals surface area contributed by atoms with Crippen molar-refractivity contribution < 1.29 is 4.79 Å². The Bertz CT molecular complexity index is 2450. The number of rotatable bonds is 4. The molecule has 0 aromatic heterocycles. The quantitative estimate of drug-likeness (QED) is 0.188. The van der Waals surface area contributed by atoms with E-state index in [9.17, 15) is 0 Å². The number of ketones is 1. The van der Waals surface area contributed by atoms with Gasteiger partial charge in [0.1, 0.15) is 0 Å². The van der Waals surface area contributed by atoms with Crippen LogP contribution in [-0.4, -0.2) is 5.78 Å². The van der Waals surface area contributed by atoms with E-state index in [2.05, 4.69) is 158 Å². The Morgan fingerprint density at radius 3 is 1.17 bits per heavy atom. The van der Waals surface area contributed by atoms with Crippen LogP contribution in [0.5, 0.6) is 0 Å². The molecule has 1 nitrogen and oxygen atoms in total. The van der Waals surface area contributed by atoms with Gasteiger partial charge in [0.25, 0.3) is 0 Å². The fourth-order valence-electron chi connectivity index (χ4n) is 8.87. The molecule has 2 aliphatic carbocycles. The van der Waals surface area contributed by atoms with Crippen molar-refractivity contribution in [2.24, 2.45) is 0 Å². The number of hydrogen-bond acceptors (Lipinski definition) is 1. The highest BCUT2D eigenvalue weighted by atomic mass is 16.1. The molecule has 0 saturated carbocycles. The molecule has 0 spiro atoms. The smallest absolute Gasteiger partial charge is 0.162 e. The molecule has 2 atom stereocenters. The first-order chi connectivity index (χ1) is 22.7. The second kappa shape index (κ2) is 9.25. The highest BCUT2D eigenvalue weighted by molar-refractivity contribution is 6.26. The maximum absolute atomic E-state index is 15.9. The number of benzene rings is 8. The van der Waals surface area contributed by atoms with Crippen molar-refractivity contribution in [2.75, 3.05) is 0 Å². The summed E-state index contributed by atoms with van der Waals surface area (Å²) in [6.07, 6.45) is 18.3. The van der Waals surface area contributed by atoms with E-state index in [0.717, 1.165) is 21.9 Å². The minimum absolute atomic E-state index is 0.228. The molecule has 8 aromatic rings. The van der Waals surface area contributed by atoms with Gasteiger partial charge in [0.15, 0.2) is 5.78 Å². The lowest BCUT2D eigenvalue weighted by molar-refractivity contribution is -0.127. The molecule has 0 bridgehead atoms. The van der Waals surface area contributed by atoms with E-state index in [1.807, 2.05) is 0 Å². The third kappa shape index (κ3) is 3.27. The van der Waals surface area contributed by atoms with E-state index < -0.39 is 10.8 Å². The summed E-state index contributed by atoms with van der Waals surface area (Å²) in [4.78, 5) is 15.9. The van der Waals surface area contributed by atoms with E-state index in [1.54, 1.807) is 0 Å². The Balaban J connectivity index is 1.27. The fraction of sp³-hybridized carbons (Fsp3) is 0.0889. The maximum Gasteiger partial charge on any atom is 0.162 e. The predicted octanol–water partition coefficient (Wildman–Crippen LogP) is 11.3. The zero-order chi connectivity index (χ0) is 30.5. The van der Waals surface area contributed by atoms with Crippen molar-refractivity contribution in [1.29, 1.82) is 0 Å². The lowest BCUT2D eigenvalue weighted by Crippen LogP contribution is -2.48. The molecule has 46 heavy (non-hydrogen) atoms. The molecule has 1 heteroatoms. The first kappa shape index (κ1) is 25.8. The molecule has 0 aliphatic heterocycles. The molecule has 0 N–H and O–H groups in total. The number of hydrogen-bond donors (Lipinski definition) is 0. The second-order valence-electron chi connectivity index (χ2n) is 13.2. The van der Waals surface area contributed by atoms with Crippen LogP contribution in [0.2, 0.25) is 0 Å². The summed E-state index contributed by atoms with van der Waals surface area (Å²) in [5.74, 6) is 0.228. The van der Waals surface area contributed by atoms with Crippen molar-refractivity contribution >= 4 is 70.4 Å². The first-order valence-corrected chi connectivity index (χ1v) is 16.3. The van der Waals surface area contributed by atoms with Crippen LogP contribution in [0, 0.1) is 0 Å². The van der Waals surface area contributed by atoms with Gasteiger partial charge in [-0.25, -0.2) is 0 Å². The van der Waals surface area contributed by atoms with Crippen LogP contribution in [0.1, 0.15) is 24.0 Å². The molecule has 10 rings (SSSR count). The van der Waals surface area contributed by atoms with Gasteiger partial charge in [-0.1, -0.05) is 158 Å². The van der Waals surface area contributed by atoms with Gasteiger partial charge in [0, 0.05) is 0 Å². The number of carbonyl (C=O) groups excluding carboxylic acids is 1. The first-order valence-electron chi connectivity index (χ1n) is 16.3. The highest BCUT2D eigenvalue weighted by Gasteiger charge is 2.50. The summed E-state index contributed by atoms with van der Waals surface area (Å²) in [7, 11) is 0. The predicted molar refractivity (Wildman–Crippen MR) is 194 cm³/mol. The largest absolute Gasteiger partial charge is 0.297 e. The topological polar surface area (TPSA) is 17.1 Å². The van der Waals surface area contributed by atoms with Crippen molar-refractivity contribution in [3.05, 3.63) is 169 Å². The SMILES string of the molecule is O=C(C1(c2ccc3ccc4cccc5ccc2c3c45)C=CC=CC1)C1(c2ccc3ccc4cccc5ccc2c3c45)C=CC=CC1. The Kier molecular flexibility index (Phi) is 5.18. The normalized spacial score (nSPS) is 21.2. The molecule has 8 aromatic carbocycles. The second-order valence-corrected chi connectivity index (χ2v) is 13.2. The Morgan fingerprint density at radius 1 is 0.413 bits per heavy atom. The third-order valence-corrected chi connectivity index (χ3v) is 11.0. The molecule has 216 valence electrons. The van der Waals surface area contributed by atoms with Crippen molar-refractivity contribution in [3.8, 4) is 0 Å². The van der Waals surface area contributed by atoms with Crippen molar-refractivity contribution in [3.63, 3.8) is 0 Å².